The molecule has 17 heavy (non-hydrogen) atoms. The zero-order valence-electron chi connectivity index (χ0n) is 11.4. The second kappa shape index (κ2) is 5.12. The number of carbonyl (C=O) groups is 2. The van der Waals surface area contributed by atoms with Gasteiger partial charge < -0.3 is 4.67 Å². The van der Waals surface area contributed by atoms with E-state index in [-0.39, 0.29) is 11.6 Å². The van der Waals surface area contributed by atoms with E-state index in [1.54, 1.807) is 0 Å². The van der Waals surface area contributed by atoms with E-state index in [1.165, 1.54) is 6.92 Å². The number of hydrogen-bond donors (Lipinski definition) is 0. The maximum Gasteiger partial charge on any atom is 0.168 e. The second-order valence-corrected chi connectivity index (χ2v) is 10.6. The van der Waals surface area contributed by atoms with Crippen molar-refractivity contribution in [3.05, 3.63) is 0 Å². The van der Waals surface area contributed by atoms with E-state index in [2.05, 4.69) is 24.7 Å². The number of nitrogens with zero attached hydrogens (tertiary/aromatic N) is 2. The minimum Gasteiger partial charge on any atom is -0.328 e. The quantitative estimate of drug-likeness (QED) is 0.440. The van der Waals surface area contributed by atoms with Gasteiger partial charge in [0.25, 0.3) is 0 Å². The van der Waals surface area contributed by atoms with Crippen molar-refractivity contribution in [2.75, 3.05) is 7.05 Å². The molecule has 0 amide bonds. The van der Waals surface area contributed by atoms with Crippen molar-refractivity contribution < 1.29 is 9.59 Å². The molecule has 0 aromatic carbocycles. The van der Waals surface area contributed by atoms with E-state index >= 15 is 0 Å². The van der Waals surface area contributed by atoms with Gasteiger partial charge in [-0.15, -0.1) is 0 Å². The van der Waals surface area contributed by atoms with Gasteiger partial charge >= 0.3 is 0 Å². The van der Waals surface area contributed by atoms with Gasteiger partial charge in [0.2, 0.25) is 0 Å². The smallest absolute Gasteiger partial charge is 0.168 e. The third-order valence-electron chi connectivity index (χ3n) is 3.17. The fraction of sp³-hybridized carbons (Fsp3) is 0.750. The maximum absolute atomic E-state index is 11.8. The van der Waals surface area contributed by atoms with Crippen LogP contribution in [0.4, 0.5) is 0 Å². The van der Waals surface area contributed by atoms with Crippen LogP contribution in [0.25, 0.3) is 0 Å². The second-order valence-electron chi connectivity index (χ2n) is 5.65. The number of rotatable bonds is 3. The molecule has 0 N–H and O–H groups in total. The first-order valence-electron chi connectivity index (χ1n) is 6.08. The summed E-state index contributed by atoms with van der Waals surface area (Å²) in [6, 6.07) is 0. The Bertz CT molecular complexity index is 358. The molecule has 1 fully saturated rings. The van der Waals surface area contributed by atoms with E-state index in [0.29, 0.717) is 6.42 Å². The molecule has 1 aliphatic carbocycles. The SMILES string of the molecule is CC(=O)C1C(=O)CCCC1=NN(C)[Si](C)(C)C. The van der Waals surface area contributed by atoms with Gasteiger partial charge in [-0.05, 0) is 19.8 Å². The van der Waals surface area contributed by atoms with E-state index in [0.717, 1.165) is 18.6 Å². The third-order valence-corrected chi connectivity index (χ3v) is 5.21. The number of hydrogen-bond acceptors (Lipinski definition) is 4. The molecule has 1 aliphatic rings. The molecule has 0 heterocycles. The minimum atomic E-state index is -1.51. The zero-order chi connectivity index (χ0) is 13.2. The van der Waals surface area contributed by atoms with Crippen LogP contribution < -0.4 is 0 Å². The van der Waals surface area contributed by atoms with Crippen molar-refractivity contribution in [2.24, 2.45) is 11.0 Å². The van der Waals surface area contributed by atoms with Gasteiger partial charge in [0.05, 0.1) is 5.71 Å². The van der Waals surface area contributed by atoms with Gasteiger partial charge in [0.15, 0.2) is 8.24 Å². The van der Waals surface area contributed by atoms with E-state index in [9.17, 15) is 9.59 Å². The van der Waals surface area contributed by atoms with Crippen LogP contribution in [0.3, 0.4) is 0 Å². The van der Waals surface area contributed by atoms with Gasteiger partial charge in [0, 0.05) is 13.5 Å². The monoisotopic (exact) mass is 254 g/mol. The maximum atomic E-state index is 11.8. The number of hydrazone groups is 1. The average Bonchev–Trinajstić information content (AvgIpc) is 2.15. The van der Waals surface area contributed by atoms with Gasteiger partial charge in [-0.2, -0.15) is 5.10 Å². The Morgan fingerprint density at radius 1 is 1.35 bits per heavy atom. The molecular weight excluding hydrogens is 232 g/mol. The van der Waals surface area contributed by atoms with Crippen molar-refractivity contribution in [3.63, 3.8) is 0 Å². The highest BCUT2D eigenvalue weighted by Crippen LogP contribution is 2.21. The minimum absolute atomic E-state index is 0.0338. The van der Waals surface area contributed by atoms with Gasteiger partial charge in [-0.3, -0.25) is 9.59 Å². The van der Waals surface area contributed by atoms with Crippen LogP contribution in [0.1, 0.15) is 26.2 Å². The Kier molecular flexibility index (Phi) is 4.24. The average molecular weight is 254 g/mol. The summed E-state index contributed by atoms with van der Waals surface area (Å²) in [6.45, 7) is 8.04. The van der Waals surface area contributed by atoms with Crippen LogP contribution in [0.15, 0.2) is 5.10 Å². The van der Waals surface area contributed by atoms with Crippen LogP contribution in [0, 0.1) is 5.92 Å². The van der Waals surface area contributed by atoms with E-state index in [4.69, 9.17) is 0 Å². The van der Waals surface area contributed by atoms with Crippen molar-refractivity contribution in [1.29, 1.82) is 0 Å². The largest absolute Gasteiger partial charge is 0.328 e. The molecule has 1 rings (SSSR count). The highest BCUT2D eigenvalue weighted by atomic mass is 28.3. The summed E-state index contributed by atoms with van der Waals surface area (Å²) in [6.07, 6.45) is 2.10. The van der Waals surface area contributed by atoms with E-state index in [1.807, 2.05) is 11.7 Å². The van der Waals surface area contributed by atoms with Crippen LogP contribution >= 0.6 is 0 Å². The normalized spacial score (nSPS) is 23.9. The number of carbonyl (C=O) groups excluding carboxylic acids is 2. The lowest BCUT2D eigenvalue weighted by atomic mass is 9.84. The predicted octanol–water partition coefficient (Wildman–Crippen LogP) is 2.07. The lowest BCUT2D eigenvalue weighted by molar-refractivity contribution is -0.129. The molecule has 5 heteroatoms. The Hall–Kier alpha value is -0.973. The third kappa shape index (κ3) is 3.49. The zero-order valence-corrected chi connectivity index (χ0v) is 12.4. The van der Waals surface area contributed by atoms with Crippen molar-refractivity contribution in [2.45, 2.75) is 45.8 Å². The molecule has 0 aromatic heterocycles. The molecule has 0 saturated heterocycles. The number of Topliss-reactive ketones (excluding diaryl/α,β-unsaturated/α-hetero) is 2. The first-order chi connectivity index (χ1) is 7.73. The van der Waals surface area contributed by atoms with Crippen molar-refractivity contribution in [1.82, 2.24) is 4.67 Å². The highest BCUT2D eigenvalue weighted by molar-refractivity contribution is 6.73. The van der Waals surface area contributed by atoms with Gasteiger partial charge in [-0.1, -0.05) is 19.6 Å². The topological polar surface area (TPSA) is 49.7 Å². The van der Waals surface area contributed by atoms with Crippen LogP contribution in [-0.2, 0) is 9.59 Å². The van der Waals surface area contributed by atoms with Gasteiger partial charge in [0.1, 0.15) is 17.5 Å². The Morgan fingerprint density at radius 2 is 1.94 bits per heavy atom. The molecular formula is C12H22N2O2Si. The molecule has 1 saturated carbocycles. The molecule has 0 spiro atoms. The van der Waals surface area contributed by atoms with Gasteiger partial charge in [-0.25, -0.2) is 0 Å². The van der Waals surface area contributed by atoms with Crippen molar-refractivity contribution in [3.8, 4) is 0 Å². The Balaban J connectivity index is 2.97. The molecule has 0 aliphatic heterocycles. The lowest BCUT2D eigenvalue weighted by Crippen LogP contribution is -2.42. The van der Waals surface area contributed by atoms with Crippen molar-refractivity contribution >= 4 is 25.5 Å². The van der Waals surface area contributed by atoms with Crippen LogP contribution in [0.2, 0.25) is 19.6 Å². The fourth-order valence-electron chi connectivity index (χ4n) is 1.83. The first-order valence-corrected chi connectivity index (χ1v) is 9.52. The highest BCUT2D eigenvalue weighted by Gasteiger charge is 2.33. The fourth-order valence-corrected chi connectivity index (χ4v) is 2.26. The summed E-state index contributed by atoms with van der Waals surface area (Å²) in [7, 11) is 0.432. The summed E-state index contributed by atoms with van der Waals surface area (Å²) in [5.74, 6) is -0.619. The molecule has 0 bridgehead atoms. The molecule has 0 aromatic rings. The molecule has 4 nitrogen and oxygen atoms in total. The summed E-state index contributed by atoms with van der Waals surface area (Å²) in [5, 5.41) is 4.53. The molecule has 96 valence electrons. The summed E-state index contributed by atoms with van der Waals surface area (Å²) in [5.41, 5.74) is 0.763. The van der Waals surface area contributed by atoms with E-state index < -0.39 is 14.2 Å². The molecule has 0 radical (unpaired) electrons. The summed E-state index contributed by atoms with van der Waals surface area (Å²) < 4.78 is 1.97. The lowest BCUT2D eigenvalue weighted by Gasteiger charge is -2.30. The molecule has 1 unspecified atom stereocenters. The van der Waals surface area contributed by atoms with Crippen LogP contribution in [0.5, 0.6) is 0 Å². The van der Waals surface area contributed by atoms with Crippen LogP contribution in [-0.4, -0.2) is 37.2 Å². The predicted molar refractivity (Wildman–Crippen MR) is 71.6 cm³/mol. The summed E-state index contributed by atoms with van der Waals surface area (Å²) >= 11 is 0. The first kappa shape index (κ1) is 14.1. The number of ketones is 2. The Morgan fingerprint density at radius 3 is 2.41 bits per heavy atom. The molecule has 1 atom stereocenters. The summed E-state index contributed by atoms with van der Waals surface area (Å²) in [4.78, 5) is 23.3. The Labute approximate surface area is 104 Å². The standard InChI is InChI=1S/C12H22N2O2Si/c1-9(15)12-10(7-6-8-11(12)16)13-14(2)17(3,4)5/h12H,6-8H2,1-5H3.